The SMILES string of the molecule is C[C@@]12CC[C@H]3c4cc(O)c(O)cc4CC[C@@H]3[C@H]1C[C@H](O)[C@H]2O. The maximum Gasteiger partial charge on any atom is 0.157 e. The lowest BCUT2D eigenvalue weighted by Crippen LogP contribution is -2.44. The van der Waals surface area contributed by atoms with Crippen molar-refractivity contribution in [2.75, 3.05) is 0 Å². The van der Waals surface area contributed by atoms with E-state index >= 15 is 0 Å². The Morgan fingerprint density at radius 3 is 2.59 bits per heavy atom. The summed E-state index contributed by atoms with van der Waals surface area (Å²) in [5, 5.41) is 40.1. The van der Waals surface area contributed by atoms with Gasteiger partial charge >= 0.3 is 0 Å². The summed E-state index contributed by atoms with van der Waals surface area (Å²) in [6, 6.07) is 3.43. The minimum atomic E-state index is -0.618. The lowest BCUT2D eigenvalue weighted by Gasteiger charge is -2.49. The summed E-state index contributed by atoms with van der Waals surface area (Å²) >= 11 is 0. The van der Waals surface area contributed by atoms with Crippen LogP contribution >= 0.6 is 0 Å². The molecule has 2 saturated carbocycles. The first kappa shape index (κ1) is 14.3. The fourth-order valence-electron chi connectivity index (χ4n) is 5.58. The number of phenols is 2. The average Bonchev–Trinajstić information content (AvgIpc) is 2.72. The molecule has 4 rings (SSSR count). The molecule has 3 aliphatic rings. The molecule has 2 fully saturated rings. The topological polar surface area (TPSA) is 80.9 Å². The number of aliphatic hydroxyl groups excluding tert-OH is 2. The van der Waals surface area contributed by atoms with Crippen LogP contribution in [0.4, 0.5) is 0 Å². The van der Waals surface area contributed by atoms with Gasteiger partial charge in [0.2, 0.25) is 0 Å². The molecule has 1 aromatic rings. The van der Waals surface area contributed by atoms with Crippen molar-refractivity contribution in [1.82, 2.24) is 0 Å². The van der Waals surface area contributed by atoms with Crippen LogP contribution in [0.3, 0.4) is 0 Å². The van der Waals surface area contributed by atoms with Crippen LogP contribution in [0, 0.1) is 17.3 Å². The number of benzene rings is 1. The van der Waals surface area contributed by atoms with Gasteiger partial charge in [-0.2, -0.15) is 0 Å². The van der Waals surface area contributed by atoms with Gasteiger partial charge in [-0.05, 0) is 78.5 Å². The summed E-state index contributed by atoms with van der Waals surface area (Å²) in [6.45, 7) is 2.12. The predicted octanol–water partition coefficient (Wildman–Crippen LogP) is 2.29. The van der Waals surface area contributed by atoms with Gasteiger partial charge in [0, 0.05) is 0 Å². The van der Waals surface area contributed by atoms with Gasteiger partial charge in [0.25, 0.3) is 0 Å². The molecule has 0 aliphatic heterocycles. The molecule has 4 nitrogen and oxygen atoms in total. The van der Waals surface area contributed by atoms with E-state index < -0.39 is 12.2 Å². The van der Waals surface area contributed by atoms with Crippen molar-refractivity contribution in [3.8, 4) is 11.5 Å². The van der Waals surface area contributed by atoms with Crippen LogP contribution in [-0.2, 0) is 6.42 Å². The number of fused-ring (bicyclic) bond motifs is 5. The van der Waals surface area contributed by atoms with Crippen molar-refractivity contribution in [1.29, 1.82) is 0 Å². The quantitative estimate of drug-likeness (QED) is 0.554. The number of aryl methyl sites for hydroxylation is 1. The van der Waals surface area contributed by atoms with Gasteiger partial charge < -0.3 is 20.4 Å². The normalized spacial score (nSPS) is 43.3. The second-order valence-corrected chi connectivity index (χ2v) is 7.75. The standard InChI is InChI=1S/C18H24O4/c1-18-5-4-10-11(13(18)8-16(21)17(18)22)3-2-9-6-14(19)15(20)7-12(9)10/h6-7,10-11,13,16-17,19-22H,2-5,8H2,1H3/t10-,11+,13-,16+,17-,18-/m1/s1. The molecule has 0 saturated heterocycles. The lowest BCUT2D eigenvalue weighted by molar-refractivity contribution is -0.0505. The summed E-state index contributed by atoms with van der Waals surface area (Å²) in [5.74, 6) is 1.07. The Hall–Kier alpha value is -1.26. The van der Waals surface area contributed by atoms with Gasteiger partial charge in [-0.25, -0.2) is 0 Å². The van der Waals surface area contributed by atoms with Crippen LogP contribution in [0.25, 0.3) is 0 Å². The number of hydrogen-bond donors (Lipinski definition) is 4. The van der Waals surface area contributed by atoms with E-state index in [2.05, 4.69) is 6.92 Å². The Kier molecular flexibility index (Phi) is 3.01. The Labute approximate surface area is 130 Å². The smallest absolute Gasteiger partial charge is 0.157 e. The second-order valence-electron chi connectivity index (χ2n) is 7.75. The van der Waals surface area contributed by atoms with Crippen LogP contribution in [0.15, 0.2) is 12.1 Å². The highest BCUT2D eigenvalue weighted by atomic mass is 16.3. The highest BCUT2D eigenvalue weighted by molar-refractivity contribution is 5.48. The monoisotopic (exact) mass is 304 g/mol. The maximum absolute atomic E-state index is 10.4. The van der Waals surface area contributed by atoms with Crippen molar-refractivity contribution < 1.29 is 20.4 Å². The van der Waals surface area contributed by atoms with Crippen molar-refractivity contribution in [2.24, 2.45) is 17.3 Å². The zero-order chi connectivity index (χ0) is 15.6. The molecular weight excluding hydrogens is 280 g/mol. The minimum absolute atomic E-state index is 0.0374. The van der Waals surface area contributed by atoms with Crippen LogP contribution in [0.5, 0.6) is 11.5 Å². The molecule has 0 aromatic heterocycles. The third-order valence-electron chi connectivity index (χ3n) is 6.79. The molecule has 0 bridgehead atoms. The minimum Gasteiger partial charge on any atom is -0.504 e. The first-order chi connectivity index (χ1) is 10.4. The first-order valence-electron chi connectivity index (χ1n) is 8.32. The number of aliphatic hydroxyl groups is 2. The lowest BCUT2D eigenvalue weighted by atomic mass is 9.55. The molecule has 3 aliphatic carbocycles. The Bertz CT molecular complexity index is 613. The molecule has 0 spiro atoms. The van der Waals surface area contributed by atoms with E-state index in [1.807, 2.05) is 0 Å². The number of hydrogen-bond acceptors (Lipinski definition) is 4. The molecule has 22 heavy (non-hydrogen) atoms. The number of phenolic OH excluding ortho intramolecular Hbond substituents is 2. The fraction of sp³-hybridized carbons (Fsp3) is 0.667. The van der Waals surface area contributed by atoms with Crippen molar-refractivity contribution in [3.63, 3.8) is 0 Å². The Balaban J connectivity index is 1.73. The average molecular weight is 304 g/mol. The molecular formula is C18H24O4. The van der Waals surface area contributed by atoms with Crippen LogP contribution in [0.1, 0.15) is 49.7 Å². The van der Waals surface area contributed by atoms with Crippen LogP contribution < -0.4 is 0 Å². The van der Waals surface area contributed by atoms with E-state index in [9.17, 15) is 20.4 Å². The third kappa shape index (κ3) is 1.77. The highest BCUT2D eigenvalue weighted by Gasteiger charge is 2.57. The molecule has 1 aromatic carbocycles. The molecule has 6 atom stereocenters. The van der Waals surface area contributed by atoms with Gasteiger partial charge in [0.15, 0.2) is 11.5 Å². The first-order valence-corrected chi connectivity index (χ1v) is 8.32. The van der Waals surface area contributed by atoms with E-state index in [0.29, 0.717) is 24.2 Å². The Morgan fingerprint density at radius 1 is 1.09 bits per heavy atom. The maximum atomic E-state index is 10.4. The Morgan fingerprint density at radius 2 is 1.82 bits per heavy atom. The van der Waals surface area contributed by atoms with E-state index in [1.54, 1.807) is 12.1 Å². The summed E-state index contributed by atoms with van der Waals surface area (Å²) < 4.78 is 0. The molecule has 0 unspecified atom stereocenters. The molecule has 120 valence electrons. The molecule has 4 N–H and O–H groups in total. The molecule has 4 heteroatoms. The predicted molar refractivity (Wildman–Crippen MR) is 81.8 cm³/mol. The largest absolute Gasteiger partial charge is 0.504 e. The van der Waals surface area contributed by atoms with Gasteiger partial charge in [-0.3, -0.25) is 0 Å². The fourth-order valence-corrected chi connectivity index (χ4v) is 5.58. The van der Waals surface area contributed by atoms with E-state index in [-0.39, 0.29) is 16.9 Å². The molecule has 0 heterocycles. The van der Waals surface area contributed by atoms with E-state index in [4.69, 9.17) is 0 Å². The summed E-state index contributed by atoms with van der Waals surface area (Å²) in [6.07, 6.45) is 3.25. The highest BCUT2D eigenvalue weighted by Crippen LogP contribution is 2.61. The van der Waals surface area contributed by atoms with Crippen LogP contribution in [0.2, 0.25) is 0 Å². The van der Waals surface area contributed by atoms with Crippen molar-refractivity contribution in [3.05, 3.63) is 23.3 Å². The van der Waals surface area contributed by atoms with Gasteiger partial charge in [0.05, 0.1) is 12.2 Å². The van der Waals surface area contributed by atoms with Crippen molar-refractivity contribution >= 4 is 0 Å². The third-order valence-corrected chi connectivity index (χ3v) is 6.79. The van der Waals surface area contributed by atoms with E-state index in [0.717, 1.165) is 36.8 Å². The zero-order valence-electron chi connectivity index (χ0n) is 12.9. The van der Waals surface area contributed by atoms with Gasteiger partial charge in [0.1, 0.15) is 0 Å². The second kappa shape index (κ2) is 4.62. The molecule has 0 amide bonds. The van der Waals surface area contributed by atoms with Crippen molar-refractivity contribution in [2.45, 2.75) is 57.2 Å². The van der Waals surface area contributed by atoms with Crippen LogP contribution in [-0.4, -0.2) is 32.6 Å². The van der Waals surface area contributed by atoms with Gasteiger partial charge in [-0.15, -0.1) is 0 Å². The van der Waals surface area contributed by atoms with Gasteiger partial charge in [-0.1, -0.05) is 6.92 Å². The summed E-state index contributed by atoms with van der Waals surface area (Å²) in [7, 11) is 0. The number of aromatic hydroxyl groups is 2. The zero-order valence-corrected chi connectivity index (χ0v) is 12.9. The number of rotatable bonds is 0. The summed E-state index contributed by atoms with van der Waals surface area (Å²) in [5.41, 5.74) is 2.11. The van der Waals surface area contributed by atoms with E-state index in [1.165, 1.54) is 0 Å². The summed E-state index contributed by atoms with van der Waals surface area (Å²) in [4.78, 5) is 0. The molecule has 0 radical (unpaired) electrons.